The van der Waals surface area contributed by atoms with Gasteiger partial charge in [-0.25, -0.2) is 0 Å². The Morgan fingerprint density at radius 1 is 0.658 bits per heavy atom. The zero-order valence-electron chi connectivity index (χ0n) is 21.3. The van der Waals surface area contributed by atoms with Crippen LogP contribution in [0, 0.1) is 5.92 Å². The minimum Gasteiger partial charge on any atom is -0.264 e. The van der Waals surface area contributed by atoms with Crippen LogP contribution < -0.4 is 0 Å². The van der Waals surface area contributed by atoms with E-state index >= 15 is 0 Å². The Morgan fingerprint density at radius 2 is 1.45 bits per heavy atom. The lowest BCUT2D eigenvalue weighted by molar-refractivity contribution is 0.774. The van der Waals surface area contributed by atoms with E-state index in [1.165, 1.54) is 60.5 Å². The lowest BCUT2D eigenvalue weighted by Crippen LogP contribution is -2.14. The average molecular weight is 486 g/mol. The van der Waals surface area contributed by atoms with Gasteiger partial charge in [0.25, 0.3) is 0 Å². The van der Waals surface area contributed by atoms with Crippen LogP contribution in [0.2, 0.25) is 0 Å². The number of aromatic nitrogens is 1. The maximum absolute atomic E-state index is 4.34. The van der Waals surface area contributed by atoms with E-state index in [9.17, 15) is 0 Å². The van der Waals surface area contributed by atoms with E-state index < -0.39 is 0 Å². The number of fused-ring (bicyclic) bond motifs is 6. The minimum absolute atomic E-state index is 0.0111. The van der Waals surface area contributed by atoms with Gasteiger partial charge in [0, 0.05) is 29.1 Å². The number of pyridine rings is 1. The van der Waals surface area contributed by atoms with Gasteiger partial charge in [-0.3, -0.25) is 4.98 Å². The molecule has 1 fully saturated rings. The Kier molecular flexibility index (Phi) is 4.54. The van der Waals surface area contributed by atoms with Crippen LogP contribution in [0.25, 0.3) is 38.2 Å². The molecule has 1 heterocycles. The van der Waals surface area contributed by atoms with E-state index in [4.69, 9.17) is 0 Å². The third-order valence-electron chi connectivity index (χ3n) is 9.05. The van der Waals surface area contributed by atoms with Crippen molar-refractivity contribution in [2.24, 2.45) is 5.92 Å². The summed E-state index contributed by atoms with van der Waals surface area (Å²) >= 11 is 0. The van der Waals surface area contributed by atoms with Gasteiger partial charge in [0.05, 0.1) is 0 Å². The molecule has 1 aromatic heterocycles. The molecule has 0 spiro atoms. The Balaban J connectivity index is 1.36. The summed E-state index contributed by atoms with van der Waals surface area (Å²) in [6, 6.07) is 42.5. The van der Waals surface area contributed by atoms with Crippen molar-refractivity contribution in [1.82, 2.24) is 4.98 Å². The molecule has 2 aliphatic rings. The molecule has 3 unspecified atom stereocenters. The van der Waals surface area contributed by atoms with E-state index in [2.05, 4.69) is 133 Å². The smallest absolute Gasteiger partial charge is 0.0346 e. The van der Waals surface area contributed by atoms with Crippen molar-refractivity contribution in [2.75, 3.05) is 0 Å². The molecular weight excluding hydrogens is 458 g/mol. The highest BCUT2D eigenvalue weighted by atomic mass is 14.7. The summed E-state index contributed by atoms with van der Waals surface area (Å²) in [5.41, 5.74) is 9.48. The molecule has 0 N–H and O–H groups in total. The Labute approximate surface area is 223 Å². The van der Waals surface area contributed by atoms with Crippen LogP contribution in [0.5, 0.6) is 0 Å². The van der Waals surface area contributed by atoms with Crippen LogP contribution in [-0.4, -0.2) is 4.98 Å². The van der Waals surface area contributed by atoms with Crippen molar-refractivity contribution in [3.63, 3.8) is 0 Å². The summed E-state index contributed by atoms with van der Waals surface area (Å²) in [6.07, 6.45) is 6.46. The Morgan fingerprint density at radius 3 is 2.37 bits per heavy atom. The molecule has 1 nitrogen and oxygen atoms in total. The minimum atomic E-state index is -0.0111. The predicted octanol–water partition coefficient (Wildman–Crippen LogP) is 9.17. The fourth-order valence-corrected chi connectivity index (χ4v) is 7.20. The van der Waals surface area contributed by atoms with Gasteiger partial charge in [-0.15, -0.1) is 0 Å². The van der Waals surface area contributed by atoms with Gasteiger partial charge in [0.15, 0.2) is 0 Å². The number of benzene rings is 5. The van der Waals surface area contributed by atoms with Crippen molar-refractivity contribution in [3.05, 3.63) is 156 Å². The first kappa shape index (κ1) is 21.6. The second-order valence-corrected chi connectivity index (χ2v) is 10.9. The molecule has 0 amide bonds. The van der Waals surface area contributed by atoms with Gasteiger partial charge in [-0.2, -0.15) is 0 Å². The van der Waals surface area contributed by atoms with Crippen LogP contribution >= 0.6 is 0 Å². The normalized spacial score (nSPS) is 21.6. The Hall–Kier alpha value is -4.49. The summed E-state index contributed by atoms with van der Waals surface area (Å²) in [7, 11) is 0. The summed E-state index contributed by atoms with van der Waals surface area (Å²) in [5, 5.41) is 5.08. The van der Waals surface area contributed by atoms with Gasteiger partial charge in [-0.05, 0) is 67.1 Å². The molecule has 0 radical (unpaired) electrons. The van der Waals surface area contributed by atoms with Crippen molar-refractivity contribution < 1.29 is 0 Å². The maximum Gasteiger partial charge on any atom is 0.0346 e. The summed E-state index contributed by atoms with van der Waals surface area (Å²) in [6.45, 7) is 2.43. The molecule has 1 saturated carbocycles. The van der Waals surface area contributed by atoms with Crippen molar-refractivity contribution in [2.45, 2.75) is 18.3 Å². The van der Waals surface area contributed by atoms with Gasteiger partial charge in [-0.1, -0.05) is 122 Å². The molecule has 0 saturated heterocycles. The van der Waals surface area contributed by atoms with Crippen LogP contribution in [0.15, 0.2) is 134 Å². The number of allylic oxidation sites excluding steroid dienone is 1. The second kappa shape index (κ2) is 8.00. The maximum atomic E-state index is 4.34. The lowest BCUT2D eigenvalue weighted by Gasteiger charge is -2.27. The lowest BCUT2D eigenvalue weighted by atomic mass is 9.76. The van der Waals surface area contributed by atoms with Crippen molar-refractivity contribution in [3.8, 4) is 11.1 Å². The third-order valence-corrected chi connectivity index (χ3v) is 9.05. The first-order valence-corrected chi connectivity index (χ1v) is 13.5. The zero-order chi connectivity index (χ0) is 25.3. The second-order valence-electron chi connectivity index (χ2n) is 10.9. The first-order chi connectivity index (χ1) is 18.8. The van der Waals surface area contributed by atoms with Gasteiger partial charge < -0.3 is 0 Å². The van der Waals surface area contributed by atoms with Crippen LogP contribution in [-0.2, 0) is 5.41 Å². The largest absolute Gasteiger partial charge is 0.264 e. The van der Waals surface area contributed by atoms with E-state index in [0.29, 0.717) is 11.8 Å². The highest BCUT2D eigenvalue weighted by Gasteiger charge is 2.64. The van der Waals surface area contributed by atoms with Crippen LogP contribution in [0.1, 0.15) is 35.1 Å². The topological polar surface area (TPSA) is 12.9 Å². The SMILES string of the molecule is CC1C2c3ccc4ccccc4c3C(c3ccccc3)=CC12c1cccc(-c2cccc3cnccc23)c1. The summed E-state index contributed by atoms with van der Waals surface area (Å²) < 4.78 is 0. The van der Waals surface area contributed by atoms with Crippen LogP contribution in [0.3, 0.4) is 0 Å². The first-order valence-electron chi connectivity index (χ1n) is 13.5. The fourth-order valence-electron chi connectivity index (χ4n) is 7.20. The molecule has 8 rings (SSSR count). The van der Waals surface area contributed by atoms with E-state index in [0.717, 1.165) is 0 Å². The van der Waals surface area contributed by atoms with Gasteiger partial charge >= 0.3 is 0 Å². The molecule has 180 valence electrons. The van der Waals surface area contributed by atoms with E-state index in [1.807, 2.05) is 12.4 Å². The number of hydrogen-bond acceptors (Lipinski definition) is 1. The molecule has 3 atom stereocenters. The number of rotatable bonds is 3. The summed E-state index contributed by atoms with van der Waals surface area (Å²) in [4.78, 5) is 4.34. The highest BCUT2D eigenvalue weighted by Crippen LogP contribution is 2.71. The van der Waals surface area contributed by atoms with Crippen molar-refractivity contribution in [1.29, 1.82) is 0 Å². The molecule has 2 aliphatic carbocycles. The quantitative estimate of drug-likeness (QED) is 0.243. The molecule has 0 aliphatic heterocycles. The Bertz CT molecular complexity index is 1890. The fraction of sp³-hybridized carbons (Fsp3) is 0.108. The standard InChI is InChI=1S/C37H27N/c1-24-36-33-18-17-26-11-5-6-15-32(26)35(33)34(25-9-3-2-4-10-25)22-37(24,36)29-14-7-12-27(21-29)30-16-8-13-28-23-38-20-19-31(28)30/h2-24,36H,1H3. The van der Waals surface area contributed by atoms with E-state index in [-0.39, 0.29) is 5.41 Å². The molecule has 0 bridgehead atoms. The predicted molar refractivity (Wildman–Crippen MR) is 158 cm³/mol. The van der Waals surface area contributed by atoms with E-state index in [1.54, 1.807) is 0 Å². The third kappa shape index (κ3) is 2.96. The number of hydrogen-bond donors (Lipinski definition) is 0. The molecule has 1 heteroatoms. The van der Waals surface area contributed by atoms with Crippen molar-refractivity contribution >= 4 is 27.1 Å². The van der Waals surface area contributed by atoms with Gasteiger partial charge in [0.2, 0.25) is 0 Å². The molecule has 38 heavy (non-hydrogen) atoms. The van der Waals surface area contributed by atoms with Crippen LogP contribution in [0.4, 0.5) is 0 Å². The zero-order valence-corrected chi connectivity index (χ0v) is 21.3. The molecule has 6 aromatic rings. The van der Waals surface area contributed by atoms with Gasteiger partial charge in [0.1, 0.15) is 0 Å². The molecule has 5 aromatic carbocycles. The molecular formula is C37H27N. The highest BCUT2D eigenvalue weighted by molar-refractivity contribution is 6.02. The monoisotopic (exact) mass is 485 g/mol. The average Bonchev–Trinajstić information content (AvgIpc) is 3.61. The number of nitrogens with zero attached hydrogens (tertiary/aromatic N) is 1. The summed E-state index contributed by atoms with van der Waals surface area (Å²) in [5.74, 6) is 0.997.